The number of benzene rings is 1. The summed E-state index contributed by atoms with van der Waals surface area (Å²) in [5.74, 6) is -1.50. The van der Waals surface area contributed by atoms with Crippen molar-refractivity contribution in [2.75, 3.05) is 10.6 Å². The average Bonchev–Trinajstić information content (AvgIpc) is 2.54. The lowest BCUT2D eigenvalue weighted by molar-refractivity contribution is -0.139. The van der Waals surface area contributed by atoms with Crippen LogP contribution >= 0.6 is 0 Å². The highest BCUT2D eigenvalue weighted by Gasteiger charge is 2.25. The first-order valence-electron chi connectivity index (χ1n) is 8.08. The van der Waals surface area contributed by atoms with Gasteiger partial charge in [0.25, 0.3) is 5.91 Å². The Kier molecular flexibility index (Phi) is 6.06. The van der Waals surface area contributed by atoms with Gasteiger partial charge in [-0.3, -0.25) is 19.4 Å². The number of nitrogens with zero attached hydrogens (tertiary/aromatic N) is 1. The zero-order valence-electron chi connectivity index (χ0n) is 14.7. The van der Waals surface area contributed by atoms with Crippen LogP contribution in [-0.2, 0) is 9.59 Å². The van der Waals surface area contributed by atoms with Gasteiger partial charge < -0.3 is 15.7 Å². The standard InChI is InChI=1S/C19H21N3O4/c1-19(2,12-17(24)25)11-16(23)21-14-4-3-5-15(10-14)22-18(26)13-6-8-20-9-7-13/h3-10H,11-12H2,1-2H3,(H,21,23)(H,22,26)(H,24,25). The molecule has 0 atom stereocenters. The maximum absolute atomic E-state index is 12.2. The van der Waals surface area contributed by atoms with Crippen LogP contribution in [0.3, 0.4) is 0 Å². The third kappa shape index (κ3) is 6.01. The number of carbonyl (C=O) groups is 3. The van der Waals surface area contributed by atoms with Crippen LogP contribution in [0.1, 0.15) is 37.0 Å². The number of carbonyl (C=O) groups excluding carboxylic acids is 2. The van der Waals surface area contributed by atoms with Crippen molar-refractivity contribution in [3.8, 4) is 0 Å². The van der Waals surface area contributed by atoms with Gasteiger partial charge in [0.15, 0.2) is 0 Å². The van der Waals surface area contributed by atoms with Crippen LogP contribution in [0.5, 0.6) is 0 Å². The van der Waals surface area contributed by atoms with E-state index >= 15 is 0 Å². The number of pyridine rings is 1. The molecule has 0 aliphatic rings. The predicted molar refractivity (Wildman–Crippen MR) is 97.9 cm³/mol. The average molecular weight is 355 g/mol. The quantitative estimate of drug-likeness (QED) is 0.707. The van der Waals surface area contributed by atoms with E-state index in [0.29, 0.717) is 16.9 Å². The first kappa shape index (κ1) is 19.1. The summed E-state index contributed by atoms with van der Waals surface area (Å²) in [5.41, 5.74) is 0.885. The molecule has 0 bridgehead atoms. The molecule has 1 heterocycles. The molecule has 0 aliphatic carbocycles. The number of aliphatic carboxylic acids is 1. The van der Waals surface area contributed by atoms with Gasteiger partial charge in [0, 0.05) is 35.8 Å². The molecule has 7 heteroatoms. The van der Waals surface area contributed by atoms with Crippen LogP contribution in [0.25, 0.3) is 0 Å². The zero-order chi connectivity index (χ0) is 19.2. The Bertz CT molecular complexity index is 803. The molecule has 2 aromatic rings. The maximum atomic E-state index is 12.2. The molecule has 0 saturated heterocycles. The van der Waals surface area contributed by atoms with Gasteiger partial charge in [0.1, 0.15) is 0 Å². The molecule has 26 heavy (non-hydrogen) atoms. The van der Waals surface area contributed by atoms with E-state index in [0.717, 1.165) is 0 Å². The van der Waals surface area contributed by atoms with Crippen molar-refractivity contribution >= 4 is 29.2 Å². The minimum Gasteiger partial charge on any atom is -0.481 e. The van der Waals surface area contributed by atoms with Gasteiger partial charge in [0.2, 0.25) is 5.91 Å². The zero-order valence-corrected chi connectivity index (χ0v) is 14.7. The van der Waals surface area contributed by atoms with Crippen LogP contribution in [-0.4, -0.2) is 27.9 Å². The summed E-state index contributed by atoms with van der Waals surface area (Å²) in [6.45, 7) is 3.46. The third-order valence-electron chi connectivity index (χ3n) is 3.62. The number of hydrogen-bond donors (Lipinski definition) is 3. The van der Waals surface area contributed by atoms with Gasteiger partial charge in [-0.2, -0.15) is 0 Å². The van der Waals surface area contributed by atoms with Gasteiger partial charge in [-0.05, 0) is 35.7 Å². The highest BCUT2D eigenvalue weighted by Crippen LogP contribution is 2.26. The van der Waals surface area contributed by atoms with E-state index < -0.39 is 11.4 Å². The Morgan fingerprint density at radius 3 is 2.23 bits per heavy atom. The summed E-state index contributed by atoms with van der Waals surface area (Å²) in [5, 5.41) is 14.4. The minimum absolute atomic E-state index is 0.0763. The van der Waals surface area contributed by atoms with Crippen molar-refractivity contribution in [3.05, 3.63) is 54.4 Å². The molecular formula is C19H21N3O4. The Morgan fingerprint density at radius 1 is 1.00 bits per heavy atom. The molecule has 136 valence electrons. The number of aromatic nitrogens is 1. The Labute approximate surface area is 151 Å². The van der Waals surface area contributed by atoms with Crippen LogP contribution < -0.4 is 10.6 Å². The van der Waals surface area contributed by atoms with Crippen molar-refractivity contribution < 1.29 is 19.5 Å². The predicted octanol–water partition coefficient (Wildman–Crippen LogP) is 3.16. The lowest BCUT2D eigenvalue weighted by atomic mass is 9.85. The van der Waals surface area contributed by atoms with Crippen LogP contribution in [0.2, 0.25) is 0 Å². The summed E-state index contributed by atoms with van der Waals surface area (Å²) in [6, 6.07) is 9.96. The Morgan fingerprint density at radius 2 is 1.62 bits per heavy atom. The number of rotatable bonds is 7. The normalized spacial score (nSPS) is 10.8. The second kappa shape index (κ2) is 8.24. The summed E-state index contributed by atoms with van der Waals surface area (Å²) in [4.78, 5) is 39.0. The molecule has 7 nitrogen and oxygen atoms in total. The molecular weight excluding hydrogens is 334 g/mol. The fraction of sp³-hybridized carbons (Fsp3) is 0.263. The van der Waals surface area contributed by atoms with Crippen LogP contribution in [0.4, 0.5) is 11.4 Å². The number of anilines is 2. The molecule has 2 rings (SSSR count). The van der Waals surface area contributed by atoms with Gasteiger partial charge >= 0.3 is 5.97 Å². The van der Waals surface area contributed by atoms with Crippen molar-refractivity contribution in [1.82, 2.24) is 4.98 Å². The first-order valence-corrected chi connectivity index (χ1v) is 8.08. The van der Waals surface area contributed by atoms with E-state index in [-0.39, 0.29) is 24.7 Å². The lowest BCUT2D eigenvalue weighted by Gasteiger charge is -2.21. The van der Waals surface area contributed by atoms with E-state index in [1.54, 1.807) is 50.2 Å². The topological polar surface area (TPSA) is 108 Å². The van der Waals surface area contributed by atoms with Gasteiger partial charge in [-0.1, -0.05) is 19.9 Å². The molecule has 0 unspecified atom stereocenters. The molecule has 0 aliphatic heterocycles. The Balaban J connectivity index is 1.99. The molecule has 3 N–H and O–H groups in total. The SMILES string of the molecule is CC(C)(CC(=O)O)CC(=O)Nc1cccc(NC(=O)c2ccncc2)c1. The first-order chi connectivity index (χ1) is 12.2. The van der Waals surface area contributed by atoms with E-state index in [1.165, 1.54) is 12.4 Å². The number of hydrogen-bond acceptors (Lipinski definition) is 4. The molecule has 1 aromatic heterocycles. The van der Waals surface area contributed by atoms with Crippen molar-refractivity contribution in [2.45, 2.75) is 26.7 Å². The summed E-state index contributed by atoms with van der Waals surface area (Å²) in [7, 11) is 0. The van der Waals surface area contributed by atoms with Gasteiger partial charge in [-0.25, -0.2) is 0 Å². The fourth-order valence-electron chi connectivity index (χ4n) is 2.49. The third-order valence-corrected chi connectivity index (χ3v) is 3.62. The van der Waals surface area contributed by atoms with Crippen LogP contribution in [0.15, 0.2) is 48.8 Å². The number of amides is 2. The number of nitrogens with one attached hydrogen (secondary N) is 2. The maximum Gasteiger partial charge on any atom is 0.303 e. The molecule has 2 amide bonds. The molecule has 1 aromatic carbocycles. The smallest absolute Gasteiger partial charge is 0.303 e. The molecule has 0 saturated carbocycles. The fourth-order valence-corrected chi connectivity index (χ4v) is 2.49. The van der Waals surface area contributed by atoms with Crippen LogP contribution in [0, 0.1) is 5.41 Å². The number of carboxylic acids is 1. The highest BCUT2D eigenvalue weighted by molar-refractivity contribution is 6.04. The van der Waals surface area contributed by atoms with E-state index in [4.69, 9.17) is 5.11 Å². The minimum atomic E-state index is -0.941. The van der Waals surface area contributed by atoms with Gasteiger partial charge in [0.05, 0.1) is 6.42 Å². The monoisotopic (exact) mass is 355 g/mol. The summed E-state index contributed by atoms with van der Waals surface area (Å²) < 4.78 is 0. The van der Waals surface area contributed by atoms with E-state index in [9.17, 15) is 14.4 Å². The van der Waals surface area contributed by atoms with E-state index in [2.05, 4.69) is 15.6 Å². The largest absolute Gasteiger partial charge is 0.481 e. The highest BCUT2D eigenvalue weighted by atomic mass is 16.4. The van der Waals surface area contributed by atoms with Crippen molar-refractivity contribution in [1.29, 1.82) is 0 Å². The lowest BCUT2D eigenvalue weighted by Crippen LogP contribution is -2.24. The van der Waals surface area contributed by atoms with Gasteiger partial charge in [-0.15, -0.1) is 0 Å². The second-order valence-corrected chi connectivity index (χ2v) is 6.73. The number of carboxylic acid groups (broad SMARTS) is 1. The molecule has 0 radical (unpaired) electrons. The van der Waals surface area contributed by atoms with Crippen molar-refractivity contribution in [3.63, 3.8) is 0 Å². The summed E-state index contributed by atoms with van der Waals surface area (Å²) in [6.07, 6.45) is 3.05. The molecule has 0 spiro atoms. The summed E-state index contributed by atoms with van der Waals surface area (Å²) >= 11 is 0. The molecule has 0 fully saturated rings. The van der Waals surface area contributed by atoms with Crippen molar-refractivity contribution in [2.24, 2.45) is 5.41 Å². The second-order valence-electron chi connectivity index (χ2n) is 6.73. The van der Waals surface area contributed by atoms with E-state index in [1.807, 2.05) is 0 Å². The Hall–Kier alpha value is -3.22.